The van der Waals surface area contributed by atoms with Crippen molar-refractivity contribution in [3.05, 3.63) is 59.2 Å². The lowest BCUT2D eigenvalue weighted by Gasteiger charge is -2.32. The van der Waals surface area contributed by atoms with Crippen molar-refractivity contribution in [1.29, 1.82) is 0 Å². The number of methoxy groups -OCH3 is 1. The molecule has 1 heterocycles. The molecule has 0 bridgehead atoms. The van der Waals surface area contributed by atoms with Crippen LogP contribution in [0, 0.1) is 0 Å². The van der Waals surface area contributed by atoms with Crippen LogP contribution < -0.4 is 36.0 Å². The minimum atomic E-state index is -3.89. The van der Waals surface area contributed by atoms with Gasteiger partial charge in [-0.15, -0.1) is 0 Å². The molecular formula is C27H37ClN8O4S. The summed E-state index contributed by atoms with van der Waals surface area (Å²) >= 11 is 6.34. The Morgan fingerprint density at radius 2 is 1.71 bits per heavy atom. The number of amides is 1. The first-order valence-corrected chi connectivity index (χ1v) is 15.0. The highest BCUT2D eigenvalue weighted by Gasteiger charge is 2.38. The summed E-state index contributed by atoms with van der Waals surface area (Å²) in [5.74, 6) is 0.566. The lowest BCUT2D eigenvalue weighted by molar-refractivity contribution is 0.0964. The van der Waals surface area contributed by atoms with E-state index in [1.165, 1.54) is 13.3 Å². The van der Waals surface area contributed by atoms with Crippen LogP contribution in [0.25, 0.3) is 0 Å². The normalized spacial score (nSPS) is 11.6. The molecule has 0 unspecified atom stereocenters. The minimum absolute atomic E-state index is 0.195. The van der Waals surface area contributed by atoms with Gasteiger partial charge in [0.05, 0.1) is 35.9 Å². The van der Waals surface area contributed by atoms with Gasteiger partial charge in [-0.3, -0.25) is 20.2 Å². The zero-order valence-electron chi connectivity index (χ0n) is 23.8. The van der Waals surface area contributed by atoms with E-state index >= 15 is 0 Å². The van der Waals surface area contributed by atoms with Crippen LogP contribution in [-0.4, -0.2) is 56.5 Å². The van der Waals surface area contributed by atoms with Gasteiger partial charge in [0.15, 0.2) is 10.8 Å². The molecule has 0 aliphatic rings. The molecule has 0 spiro atoms. The maximum absolute atomic E-state index is 13.4. The summed E-state index contributed by atoms with van der Waals surface area (Å²) in [5, 5.41) is 15.2. The van der Waals surface area contributed by atoms with Crippen molar-refractivity contribution in [1.82, 2.24) is 25.9 Å². The number of benzene rings is 2. The fourth-order valence-electron chi connectivity index (χ4n) is 3.78. The summed E-state index contributed by atoms with van der Waals surface area (Å²) in [5.41, 5.74) is 1.75. The Balaban J connectivity index is 1.84. The van der Waals surface area contributed by atoms with Gasteiger partial charge in [-0.05, 0) is 57.1 Å². The number of carbonyl (C=O) groups excluding carboxylic acids is 1. The first kappa shape index (κ1) is 31.9. The van der Waals surface area contributed by atoms with Crippen molar-refractivity contribution in [2.75, 3.05) is 42.6 Å². The molecule has 0 saturated carbocycles. The predicted octanol–water partition coefficient (Wildman–Crippen LogP) is 4.40. The molecule has 14 heteroatoms. The summed E-state index contributed by atoms with van der Waals surface area (Å²) < 4.78 is 34.9. The molecule has 3 rings (SSSR count). The number of hydrogen-bond acceptors (Lipinski definition) is 10. The SMILES string of the molecule is CCCNC(C)(NCCC)S(=O)(=O)Nc1ccc(Nc2ncc(Cl)c(Nc3ccccc3C(=O)NC)n2)c(OC)c1. The van der Waals surface area contributed by atoms with E-state index < -0.39 is 15.0 Å². The molecule has 1 amide bonds. The molecular weight excluding hydrogens is 568 g/mol. The molecule has 222 valence electrons. The van der Waals surface area contributed by atoms with Gasteiger partial charge in [0.1, 0.15) is 10.8 Å². The lowest BCUT2D eigenvalue weighted by atomic mass is 10.1. The van der Waals surface area contributed by atoms with E-state index in [0.717, 1.165) is 12.8 Å². The monoisotopic (exact) mass is 604 g/mol. The van der Waals surface area contributed by atoms with Crippen LogP contribution >= 0.6 is 11.6 Å². The van der Waals surface area contributed by atoms with Gasteiger partial charge in [-0.1, -0.05) is 37.6 Å². The summed E-state index contributed by atoms with van der Waals surface area (Å²) in [6, 6.07) is 11.8. The molecule has 12 nitrogen and oxygen atoms in total. The molecule has 0 saturated heterocycles. The largest absolute Gasteiger partial charge is 0.494 e. The van der Waals surface area contributed by atoms with Gasteiger partial charge in [0.2, 0.25) is 5.95 Å². The van der Waals surface area contributed by atoms with Gasteiger partial charge >= 0.3 is 0 Å². The molecule has 41 heavy (non-hydrogen) atoms. The topological polar surface area (TPSA) is 158 Å². The summed E-state index contributed by atoms with van der Waals surface area (Å²) in [6.45, 7) is 6.59. The van der Waals surface area contributed by atoms with Gasteiger partial charge in [0.25, 0.3) is 15.9 Å². The first-order valence-electron chi connectivity index (χ1n) is 13.2. The van der Waals surface area contributed by atoms with Crippen molar-refractivity contribution < 1.29 is 17.9 Å². The second-order valence-corrected chi connectivity index (χ2v) is 11.6. The van der Waals surface area contributed by atoms with Crippen LogP contribution in [0.5, 0.6) is 5.75 Å². The molecule has 0 aliphatic heterocycles. The van der Waals surface area contributed by atoms with Crippen LogP contribution in [-0.2, 0) is 10.0 Å². The maximum Gasteiger partial charge on any atom is 0.265 e. The zero-order valence-corrected chi connectivity index (χ0v) is 25.3. The fraction of sp³-hybridized carbons (Fsp3) is 0.370. The number of nitrogens with one attached hydrogen (secondary N) is 6. The lowest BCUT2D eigenvalue weighted by Crippen LogP contribution is -2.62. The van der Waals surface area contributed by atoms with E-state index in [-0.39, 0.29) is 22.7 Å². The highest BCUT2D eigenvalue weighted by Crippen LogP contribution is 2.32. The number of ether oxygens (including phenoxy) is 1. The Morgan fingerprint density at radius 1 is 1.02 bits per heavy atom. The van der Waals surface area contributed by atoms with Crippen LogP contribution in [0.4, 0.5) is 28.8 Å². The van der Waals surface area contributed by atoms with Gasteiger partial charge in [-0.2, -0.15) is 4.98 Å². The summed E-state index contributed by atoms with van der Waals surface area (Å²) in [4.78, 5) is 19.6. The highest BCUT2D eigenvalue weighted by atomic mass is 35.5. The fourth-order valence-corrected chi connectivity index (χ4v) is 5.15. The average Bonchev–Trinajstić information content (AvgIpc) is 2.97. The van der Waals surface area contributed by atoms with Crippen LogP contribution in [0.1, 0.15) is 44.0 Å². The number of carbonyl (C=O) groups is 1. The Kier molecular flexibility index (Phi) is 11.1. The van der Waals surface area contributed by atoms with Gasteiger partial charge < -0.3 is 20.7 Å². The Morgan fingerprint density at radius 3 is 2.34 bits per heavy atom. The number of nitrogens with zero attached hydrogens (tertiary/aromatic N) is 2. The van der Waals surface area contributed by atoms with Crippen molar-refractivity contribution >= 4 is 56.4 Å². The predicted molar refractivity (Wildman–Crippen MR) is 164 cm³/mol. The highest BCUT2D eigenvalue weighted by molar-refractivity contribution is 7.94. The number of sulfonamides is 1. The maximum atomic E-state index is 13.4. The van der Waals surface area contributed by atoms with E-state index in [1.807, 2.05) is 13.8 Å². The van der Waals surface area contributed by atoms with Crippen molar-refractivity contribution in [2.45, 2.75) is 38.6 Å². The summed E-state index contributed by atoms with van der Waals surface area (Å²) in [6.07, 6.45) is 2.97. The van der Waals surface area contributed by atoms with E-state index in [9.17, 15) is 13.2 Å². The molecule has 0 aliphatic carbocycles. The third-order valence-corrected chi connectivity index (χ3v) is 8.20. The zero-order chi connectivity index (χ0) is 30.0. The molecule has 2 aromatic carbocycles. The molecule has 3 aromatic rings. The third kappa shape index (κ3) is 7.97. The average molecular weight is 605 g/mol. The van der Waals surface area contributed by atoms with E-state index in [2.05, 4.69) is 41.3 Å². The Hall–Kier alpha value is -3.65. The standard InChI is InChI=1S/C27H37ClN8O4S/c1-6-14-31-27(3,32-15-7-2)41(38,39)36-18-12-13-22(23(16-18)40-5)34-26-30-17-20(28)24(35-26)33-21-11-9-8-10-19(21)25(37)29-4/h8-13,16-17,31-32,36H,6-7,14-15H2,1-5H3,(H,29,37)(H2,30,33,34,35). The molecule has 0 fully saturated rings. The number of rotatable bonds is 15. The van der Waals surface area contributed by atoms with E-state index in [0.29, 0.717) is 41.5 Å². The molecule has 1 aromatic heterocycles. The number of anilines is 5. The van der Waals surface area contributed by atoms with Gasteiger partial charge in [-0.25, -0.2) is 13.4 Å². The second kappa shape index (κ2) is 14.3. The summed E-state index contributed by atoms with van der Waals surface area (Å²) in [7, 11) is -0.871. The quantitative estimate of drug-likeness (QED) is 0.137. The molecule has 6 N–H and O–H groups in total. The second-order valence-electron chi connectivity index (χ2n) is 9.17. The number of aromatic nitrogens is 2. The van der Waals surface area contributed by atoms with Gasteiger partial charge in [0, 0.05) is 13.1 Å². The Bertz CT molecular complexity index is 1450. The van der Waals surface area contributed by atoms with Crippen molar-refractivity contribution in [2.24, 2.45) is 0 Å². The number of para-hydroxylation sites is 1. The number of hydrogen-bond donors (Lipinski definition) is 6. The molecule has 0 atom stereocenters. The molecule has 0 radical (unpaired) electrons. The number of halogens is 1. The van der Waals surface area contributed by atoms with E-state index in [4.69, 9.17) is 16.3 Å². The van der Waals surface area contributed by atoms with Crippen molar-refractivity contribution in [3.63, 3.8) is 0 Å². The van der Waals surface area contributed by atoms with Crippen LogP contribution in [0.15, 0.2) is 48.7 Å². The smallest absolute Gasteiger partial charge is 0.265 e. The van der Waals surface area contributed by atoms with Crippen molar-refractivity contribution in [3.8, 4) is 5.75 Å². The minimum Gasteiger partial charge on any atom is -0.494 e. The first-order chi connectivity index (χ1) is 19.6. The van der Waals surface area contributed by atoms with Crippen LogP contribution in [0.3, 0.4) is 0 Å². The Labute approximate surface area is 246 Å². The third-order valence-electron chi connectivity index (χ3n) is 6.06. The van der Waals surface area contributed by atoms with E-state index in [1.54, 1.807) is 56.4 Å². The van der Waals surface area contributed by atoms with Crippen LogP contribution in [0.2, 0.25) is 5.02 Å².